The zero-order valence-corrected chi connectivity index (χ0v) is 12.3. The maximum Gasteiger partial charge on any atom is 0.304 e. The summed E-state index contributed by atoms with van der Waals surface area (Å²) >= 11 is 0. The van der Waals surface area contributed by atoms with Gasteiger partial charge < -0.3 is 10.4 Å². The number of carbonyl (C=O) groups is 1. The van der Waals surface area contributed by atoms with Crippen LogP contribution in [0.1, 0.15) is 24.0 Å². The molecule has 0 unspecified atom stereocenters. The second-order valence-corrected chi connectivity index (χ2v) is 5.33. The molecule has 2 aromatic rings. The second kappa shape index (κ2) is 8.29. The zero-order chi connectivity index (χ0) is 15.8. The van der Waals surface area contributed by atoms with Gasteiger partial charge in [0.05, 0.1) is 6.42 Å². The van der Waals surface area contributed by atoms with Crippen LogP contribution in [0.5, 0.6) is 0 Å². The third kappa shape index (κ3) is 5.66. The van der Waals surface area contributed by atoms with Gasteiger partial charge in [-0.15, -0.1) is 0 Å². The highest BCUT2D eigenvalue weighted by Crippen LogP contribution is 2.10. The molecule has 2 aromatic carbocycles. The first kappa shape index (κ1) is 16.2. The van der Waals surface area contributed by atoms with Gasteiger partial charge in [-0.3, -0.25) is 4.79 Å². The van der Waals surface area contributed by atoms with Gasteiger partial charge in [0.1, 0.15) is 5.82 Å². The van der Waals surface area contributed by atoms with Crippen molar-refractivity contribution in [2.24, 2.45) is 0 Å². The first-order chi connectivity index (χ1) is 10.6. The third-order valence-electron chi connectivity index (χ3n) is 3.55. The molecule has 2 rings (SSSR count). The monoisotopic (exact) mass is 301 g/mol. The lowest BCUT2D eigenvalue weighted by Gasteiger charge is -2.17. The van der Waals surface area contributed by atoms with E-state index in [0.29, 0.717) is 13.0 Å². The minimum absolute atomic E-state index is 0.0774. The zero-order valence-electron chi connectivity index (χ0n) is 12.3. The van der Waals surface area contributed by atoms with Crippen molar-refractivity contribution in [3.8, 4) is 0 Å². The Hall–Kier alpha value is -2.20. The van der Waals surface area contributed by atoms with Crippen LogP contribution in [-0.2, 0) is 17.8 Å². The number of hydrogen-bond donors (Lipinski definition) is 2. The van der Waals surface area contributed by atoms with Crippen LogP contribution in [0.25, 0.3) is 0 Å². The smallest absolute Gasteiger partial charge is 0.304 e. The molecule has 0 heterocycles. The van der Waals surface area contributed by atoms with Crippen LogP contribution in [0.2, 0.25) is 0 Å². The normalized spacial score (nSPS) is 12.0. The second-order valence-electron chi connectivity index (χ2n) is 5.33. The van der Waals surface area contributed by atoms with Gasteiger partial charge in [0.25, 0.3) is 0 Å². The van der Waals surface area contributed by atoms with E-state index in [4.69, 9.17) is 5.11 Å². The molecule has 4 heteroatoms. The van der Waals surface area contributed by atoms with Gasteiger partial charge in [-0.2, -0.15) is 0 Å². The molecule has 0 saturated heterocycles. The summed E-state index contributed by atoms with van der Waals surface area (Å²) < 4.78 is 12.9. The molecule has 0 spiro atoms. The molecular weight excluding hydrogens is 281 g/mol. The number of carboxylic acids is 1. The third-order valence-corrected chi connectivity index (χ3v) is 3.55. The number of nitrogens with one attached hydrogen (secondary N) is 1. The van der Waals surface area contributed by atoms with E-state index in [-0.39, 0.29) is 18.3 Å². The van der Waals surface area contributed by atoms with E-state index in [0.717, 1.165) is 17.5 Å². The highest BCUT2D eigenvalue weighted by atomic mass is 19.1. The van der Waals surface area contributed by atoms with Crippen molar-refractivity contribution < 1.29 is 14.3 Å². The summed E-state index contributed by atoms with van der Waals surface area (Å²) in [5.41, 5.74) is 2.14. The number of rotatable bonds is 8. The van der Waals surface area contributed by atoms with Crippen LogP contribution < -0.4 is 5.32 Å². The molecule has 0 fully saturated rings. The number of halogens is 1. The van der Waals surface area contributed by atoms with Gasteiger partial charge in [-0.05, 0) is 36.1 Å². The summed E-state index contributed by atoms with van der Waals surface area (Å²) in [6.07, 6.45) is 1.50. The summed E-state index contributed by atoms with van der Waals surface area (Å²) in [4.78, 5) is 11.0. The van der Waals surface area contributed by atoms with E-state index in [1.807, 2.05) is 30.3 Å². The van der Waals surface area contributed by atoms with Gasteiger partial charge >= 0.3 is 5.97 Å². The van der Waals surface area contributed by atoms with Gasteiger partial charge in [0.2, 0.25) is 0 Å². The average Bonchev–Trinajstić information content (AvgIpc) is 2.52. The molecule has 0 amide bonds. The maximum atomic E-state index is 12.9. The fourth-order valence-electron chi connectivity index (χ4n) is 2.34. The van der Waals surface area contributed by atoms with E-state index in [9.17, 15) is 9.18 Å². The van der Waals surface area contributed by atoms with Crippen molar-refractivity contribution in [1.82, 2.24) is 5.32 Å². The fraction of sp³-hybridized carbons (Fsp3) is 0.278. The topological polar surface area (TPSA) is 49.3 Å². The molecule has 0 aliphatic carbocycles. The Morgan fingerprint density at radius 2 is 1.73 bits per heavy atom. The van der Waals surface area contributed by atoms with Crippen molar-refractivity contribution in [2.75, 3.05) is 0 Å². The van der Waals surface area contributed by atoms with Crippen molar-refractivity contribution in [3.63, 3.8) is 0 Å². The van der Waals surface area contributed by atoms with Gasteiger partial charge in [0.15, 0.2) is 0 Å². The van der Waals surface area contributed by atoms with Gasteiger partial charge in [-0.25, -0.2) is 4.39 Å². The molecule has 2 N–H and O–H groups in total. The Balaban J connectivity index is 1.88. The lowest BCUT2D eigenvalue weighted by atomic mass is 10.0. The highest BCUT2D eigenvalue weighted by Gasteiger charge is 2.13. The molecule has 0 aliphatic heterocycles. The fourth-order valence-corrected chi connectivity index (χ4v) is 2.34. The summed E-state index contributed by atoms with van der Waals surface area (Å²) in [6, 6.07) is 16.1. The van der Waals surface area contributed by atoms with E-state index < -0.39 is 5.97 Å². The summed E-state index contributed by atoms with van der Waals surface area (Å²) in [5.74, 6) is -1.07. The average molecular weight is 301 g/mol. The first-order valence-electron chi connectivity index (χ1n) is 7.37. The van der Waals surface area contributed by atoms with Crippen molar-refractivity contribution in [1.29, 1.82) is 0 Å². The largest absolute Gasteiger partial charge is 0.481 e. The lowest BCUT2D eigenvalue weighted by Crippen LogP contribution is -2.31. The standard InChI is InChI=1S/C18H20FNO2/c19-16-9-6-14(7-10-16)8-11-17(12-18(21)22)20-13-15-4-2-1-3-5-15/h1-7,9-10,17,20H,8,11-13H2,(H,21,22)/t17-/m0/s1. The number of aliphatic carboxylic acids is 1. The highest BCUT2D eigenvalue weighted by molar-refractivity contribution is 5.67. The first-order valence-corrected chi connectivity index (χ1v) is 7.37. The van der Waals surface area contributed by atoms with E-state index in [1.54, 1.807) is 12.1 Å². The van der Waals surface area contributed by atoms with E-state index in [1.165, 1.54) is 12.1 Å². The summed E-state index contributed by atoms with van der Waals surface area (Å²) in [7, 11) is 0. The summed E-state index contributed by atoms with van der Waals surface area (Å²) in [5, 5.41) is 12.3. The number of aryl methyl sites for hydroxylation is 1. The predicted octanol–water partition coefficient (Wildman–Crippen LogP) is 3.39. The molecule has 22 heavy (non-hydrogen) atoms. The lowest BCUT2D eigenvalue weighted by molar-refractivity contribution is -0.137. The Morgan fingerprint density at radius 1 is 1.05 bits per heavy atom. The molecule has 1 atom stereocenters. The molecule has 0 aromatic heterocycles. The van der Waals surface area contributed by atoms with Gasteiger partial charge in [0, 0.05) is 12.6 Å². The molecule has 3 nitrogen and oxygen atoms in total. The SMILES string of the molecule is O=C(O)C[C@H](CCc1ccc(F)cc1)NCc1ccccc1. The van der Waals surface area contributed by atoms with Crippen LogP contribution in [0, 0.1) is 5.82 Å². The number of hydrogen-bond acceptors (Lipinski definition) is 2. The van der Waals surface area contributed by atoms with Crippen LogP contribution in [-0.4, -0.2) is 17.1 Å². The van der Waals surface area contributed by atoms with Crippen LogP contribution >= 0.6 is 0 Å². The van der Waals surface area contributed by atoms with Crippen molar-refractivity contribution >= 4 is 5.97 Å². The quantitative estimate of drug-likeness (QED) is 0.786. The predicted molar refractivity (Wildman–Crippen MR) is 84.0 cm³/mol. The van der Waals surface area contributed by atoms with Crippen molar-refractivity contribution in [3.05, 3.63) is 71.5 Å². The Morgan fingerprint density at radius 3 is 2.36 bits per heavy atom. The molecule has 0 bridgehead atoms. The Kier molecular flexibility index (Phi) is 6.10. The molecule has 116 valence electrons. The number of benzene rings is 2. The van der Waals surface area contributed by atoms with Gasteiger partial charge in [-0.1, -0.05) is 42.5 Å². The molecule has 0 saturated carbocycles. The minimum Gasteiger partial charge on any atom is -0.481 e. The Labute approximate surface area is 129 Å². The van der Waals surface area contributed by atoms with Crippen LogP contribution in [0.15, 0.2) is 54.6 Å². The van der Waals surface area contributed by atoms with Crippen LogP contribution in [0.3, 0.4) is 0 Å². The summed E-state index contributed by atoms with van der Waals surface area (Å²) in [6.45, 7) is 0.641. The van der Waals surface area contributed by atoms with E-state index in [2.05, 4.69) is 5.32 Å². The van der Waals surface area contributed by atoms with E-state index >= 15 is 0 Å². The molecular formula is C18H20FNO2. The molecule has 0 radical (unpaired) electrons. The van der Waals surface area contributed by atoms with Crippen molar-refractivity contribution in [2.45, 2.75) is 31.8 Å². The van der Waals surface area contributed by atoms with Crippen LogP contribution in [0.4, 0.5) is 4.39 Å². The Bertz CT molecular complexity index is 584. The maximum absolute atomic E-state index is 12.9. The number of carboxylic acid groups (broad SMARTS) is 1. The minimum atomic E-state index is -0.815. The molecule has 0 aliphatic rings.